The fourth-order valence-electron chi connectivity index (χ4n) is 1.99. The van der Waals surface area contributed by atoms with Crippen molar-refractivity contribution in [3.05, 3.63) is 19.9 Å². The van der Waals surface area contributed by atoms with Gasteiger partial charge < -0.3 is 5.73 Å². The number of hydrogen-bond acceptors (Lipinski definition) is 2. The van der Waals surface area contributed by atoms with Gasteiger partial charge in [-0.1, -0.05) is 39.5 Å². The first-order valence-electron chi connectivity index (χ1n) is 6.16. The maximum Gasteiger partial charge on any atom is 0.0656 e. The Morgan fingerprint density at radius 2 is 2.19 bits per heavy atom. The molecule has 0 amide bonds. The molecule has 1 aromatic heterocycles. The molecule has 1 aromatic rings. The predicted octanol–water partition coefficient (Wildman–Crippen LogP) is 4.96. The number of thiophene rings is 1. The Morgan fingerprint density at radius 3 is 2.69 bits per heavy atom. The molecule has 0 fully saturated rings. The minimum absolute atomic E-state index is 0.238. The van der Waals surface area contributed by atoms with E-state index in [-0.39, 0.29) is 6.04 Å². The fourth-order valence-corrected chi connectivity index (χ4v) is 3.43. The van der Waals surface area contributed by atoms with Crippen LogP contribution in [0.4, 0.5) is 0 Å². The number of rotatable bonds is 7. The Hall–Kier alpha value is 0.390. The molecular weight excluding hydrogens is 329 g/mol. The van der Waals surface area contributed by atoms with Gasteiger partial charge in [0.1, 0.15) is 0 Å². The van der Waals surface area contributed by atoms with Gasteiger partial charge in [0.05, 0.1) is 2.88 Å². The second-order valence-corrected chi connectivity index (χ2v) is 7.25. The summed E-state index contributed by atoms with van der Waals surface area (Å²) in [5.74, 6) is 0.799. The molecule has 1 rings (SSSR count). The van der Waals surface area contributed by atoms with Gasteiger partial charge in [-0.25, -0.2) is 0 Å². The SMILES string of the molecule is CCCCC(CC)CC(N)c1csc(I)c1. The van der Waals surface area contributed by atoms with Gasteiger partial charge in [0.2, 0.25) is 0 Å². The molecule has 0 aliphatic carbocycles. The van der Waals surface area contributed by atoms with Crippen molar-refractivity contribution in [1.82, 2.24) is 0 Å². The fraction of sp³-hybridized carbons (Fsp3) is 0.692. The van der Waals surface area contributed by atoms with Crippen LogP contribution in [0.3, 0.4) is 0 Å². The number of halogens is 1. The predicted molar refractivity (Wildman–Crippen MR) is 81.9 cm³/mol. The summed E-state index contributed by atoms with van der Waals surface area (Å²) < 4.78 is 1.34. The van der Waals surface area contributed by atoms with Gasteiger partial charge in [0.15, 0.2) is 0 Å². The highest BCUT2D eigenvalue weighted by molar-refractivity contribution is 14.1. The lowest BCUT2D eigenvalue weighted by Crippen LogP contribution is -2.14. The zero-order valence-electron chi connectivity index (χ0n) is 10.2. The molecule has 0 saturated heterocycles. The first kappa shape index (κ1) is 14.5. The van der Waals surface area contributed by atoms with Crippen LogP contribution in [0, 0.1) is 8.80 Å². The standard InChI is InChI=1S/C13H22INS/c1-3-5-6-10(4-2)7-12(15)11-8-13(14)16-9-11/h8-10,12H,3-7,15H2,1-2H3. The molecule has 0 aliphatic rings. The van der Waals surface area contributed by atoms with Crippen molar-refractivity contribution in [1.29, 1.82) is 0 Å². The normalized spacial score (nSPS) is 15.0. The smallest absolute Gasteiger partial charge is 0.0656 e. The van der Waals surface area contributed by atoms with E-state index in [9.17, 15) is 0 Å². The number of unbranched alkanes of at least 4 members (excludes halogenated alkanes) is 1. The lowest BCUT2D eigenvalue weighted by Gasteiger charge is -2.18. The van der Waals surface area contributed by atoms with E-state index in [1.54, 1.807) is 11.3 Å². The van der Waals surface area contributed by atoms with Crippen molar-refractivity contribution in [2.24, 2.45) is 11.7 Å². The van der Waals surface area contributed by atoms with Gasteiger partial charge in [-0.15, -0.1) is 11.3 Å². The summed E-state index contributed by atoms with van der Waals surface area (Å²) in [6.07, 6.45) is 6.37. The molecule has 0 aromatic carbocycles. The third-order valence-corrected chi connectivity index (χ3v) is 4.95. The summed E-state index contributed by atoms with van der Waals surface area (Å²) in [4.78, 5) is 0. The minimum atomic E-state index is 0.238. The molecule has 2 N–H and O–H groups in total. The molecule has 0 saturated carbocycles. The zero-order chi connectivity index (χ0) is 12.0. The van der Waals surface area contributed by atoms with Crippen LogP contribution < -0.4 is 5.73 Å². The van der Waals surface area contributed by atoms with E-state index in [4.69, 9.17) is 5.73 Å². The monoisotopic (exact) mass is 351 g/mol. The Bertz CT molecular complexity index is 298. The second kappa shape index (κ2) is 7.67. The molecule has 2 atom stereocenters. The zero-order valence-corrected chi connectivity index (χ0v) is 13.2. The van der Waals surface area contributed by atoms with Crippen LogP contribution in [-0.2, 0) is 0 Å². The van der Waals surface area contributed by atoms with Gasteiger partial charge in [-0.05, 0) is 51.9 Å². The van der Waals surface area contributed by atoms with E-state index in [0.29, 0.717) is 0 Å². The Labute approximate surface area is 117 Å². The molecule has 3 heteroatoms. The maximum absolute atomic E-state index is 6.26. The van der Waals surface area contributed by atoms with Gasteiger partial charge in [-0.3, -0.25) is 0 Å². The third kappa shape index (κ3) is 4.72. The molecule has 1 heterocycles. The van der Waals surface area contributed by atoms with Crippen LogP contribution in [0.1, 0.15) is 57.6 Å². The molecule has 1 nitrogen and oxygen atoms in total. The topological polar surface area (TPSA) is 26.0 Å². The van der Waals surface area contributed by atoms with Crippen LogP contribution >= 0.6 is 33.9 Å². The van der Waals surface area contributed by atoms with Gasteiger partial charge in [0.25, 0.3) is 0 Å². The molecule has 2 unspecified atom stereocenters. The molecule has 92 valence electrons. The number of nitrogens with two attached hydrogens (primary N) is 1. The maximum atomic E-state index is 6.26. The summed E-state index contributed by atoms with van der Waals surface area (Å²) >= 11 is 4.15. The van der Waals surface area contributed by atoms with E-state index >= 15 is 0 Å². The molecule has 0 radical (unpaired) electrons. The molecule has 16 heavy (non-hydrogen) atoms. The summed E-state index contributed by atoms with van der Waals surface area (Å²) in [6, 6.07) is 2.46. The van der Waals surface area contributed by atoms with Crippen molar-refractivity contribution < 1.29 is 0 Å². The van der Waals surface area contributed by atoms with Gasteiger partial charge in [-0.2, -0.15) is 0 Å². The van der Waals surface area contributed by atoms with Crippen LogP contribution in [0.15, 0.2) is 11.4 Å². The Balaban J connectivity index is 2.45. The quantitative estimate of drug-likeness (QED) is 0.691. The highest BCUT2D eigenvalue weighted by Crippen LogP contribution is 2.28. The lowest BCUT2D eigenvalue weighted by atomic mass is 9.90. The molecule has 0 bridgehead atoms. The van der Waals surface area contributed by atoms with Crippen molar-refractivity contribution in [3.8, 4) is 0 Å². The molecular formula is C13H22INS. The van der Waals surface area contributed by atoms with E-state index in [1.807, 2.05) is 0 Å². The molecule has 0 spiro atoms. The van der Waals surface area contributed by atoms with E-state index in [1.165, 1.54) is 34.1 Å². The van der Waals surface area contributed by atoms with Crippen molar-refractivity contribution >= 4 is 33.9 Å². The summed E-state index contributed by atoms with van der Waals surface area (Å²) in [5, 5.41) is 2.21. The van der Waals surface area contributed by atoms with Crippen molar-refractivity contribution in [2.75, 3.05) is 0 Å². The average Bonchev–Trinajstić information content (AvgIpc) is 2.70. The van der Waals surface area contributed by atoms with E-state index in [2.05, 4.69) is 47.9 Å². The number of hydrogen-bond donors (Lipinski definition) is 1. The minimum Gasteiger partial charge on any atom is -0.324 e. The Morgan fingerprint density at radius 1 is 1.44 bits per heavy atom. The van der Waals surface area contributed by atoms with Crippen molar-refractivity contribution in [2.45, 2.75) is 52.0 Å². The Kier molecular flexibility index (Phi) is 6.92. The summed E-state index contributed by atoms with van der Waals surface area (Å²) in [5.41, 5.74) is 7.58. The second-order valence-electron chi connectivity index (χ2n) is 4.44. The van der Waals surface area contributed by atoms with Gasteiger partial charge in [0, 0.05) is 6.04 Å². The lowest BCUT2D eigenvalue weighted by molar-refractivity contribution is 0.389. The summed E-state index contributed by atoms with van der Waals surface area (Å²) in [6.45, 7) is 4.54. The average molecular weight is 351 g/mol. The van der Waals surface area contributed by atoms with Gasteiger partial charge >= 0.3 is 0 Å². The highest BCUT2D eigenvalue weighted by Gasteiger charge is 2.14. The largest absolute Gasteiger partial charge is 0.324 e. The van der Waals surface area contributed by atoms with E-state index in [0.717, 1.165) is 12.3 Å². The van der Waals surface area contributed by atoms with Crippen molar-refractivity contribution in [3.63, 3.8) is 0 Å². The first-order valence-corrected chi connectivity index (χ1v) is 8.12. The van der Waals surface area contributed by atoms with Crippen LogP contribution in [0.2, 0.25) is 0 Å². The van der Waals surface area contributed by atoms with E-state index < -0.39 is 0 Å². The molecule has 0 aliphatic heterocycles. The van der Waals surface area contributed by atoms with Crippen LogP contribution in [0.25, 0.3) is 0 Å². The first-order chi connectivity index (χ1) is 7.67. The van der Waals surface area contributed by atoms with Crippen LogP contribution in [-0.4, -0.2) is 0 Å². The highest BCUT2D eigenvalue weighted by atomic mass is 127. The summed E-state index contributed by atoms with van der Waals surface area (Å²) in [7, 11) is 0. The third-order valence-electron chi connectivity index (χ3n) is 3.15. The van der Waals surface area contributed by atoms with Crippen LogP contribution in [0.5, 0.6) is 0 Å².